The summed E-state index contributed by atoms with van der Waals surface area (Å²) in [5.41, 5.74) is 4.52. The average molecular weight is 478 g/mol. The van der Waals surface area contributed by atoms with Crippen LogP contribution in [0.1, 0.15) is 47.1 Å². The Labute approximate surface area is 206 Å². The van der Waals surface area contributed by atoms with Crippen LogP contribution < -0.4 is 4.90 Å². The van der Waals surface area contributed by atoms with E-state index in [0.29, 0.717) is 18.2 Å². The Balaban J connectivity index is 1.44. The number of ether oxygens (including phenoxy) is 3. The van der Waals surface area contributed by atoms with Crippen LogP contribution in [0.5, 0.6) is 5.75 Å². The van der Waals surface area contributed by atoms with Crippen molar-refractivity contribution in [3.8, 4) is 5.75 Å². The highest BCUT2D eigenvalue weighted by Gasteiger charge is 2.34. The fourth-order valence-corrected chi connectivity index (χ4v) is 5.61. The third-order valence-corrected chi connectivity index (χ3v) is 7.37. The van der Waals surface area contributed by atoms with Crippen LogP contribution >= 0.6 is 0 Å². The molecule has 35 heavy (non-hydrogen) atoms. The Morgan fingerprint density at radius 1 is 0.943 bits per heavy atom. The maximum atomic E-state index is 15.6. The quantitative estimate of drug-likeness (QED) is 0.457. The molecule has 184 valence electrons. The first-order valence-electron chi connectivity index (χ1n) is 12.2. The minimum absolute atomic E-state index is 0.180. The highest BCUT2D eigenvalue weighted by atomic mass is 19.1. The van der Waals surface area contributed by atoms with Gasteiger partial charge in [0, 0.05) is 39.1 Å². The van der Waals surface area contributed by atoms with Gasteiger partial charge in [-0.25, -0.2) is 4.39 Å². The number of hydrogen-bond donors (Lipinski definition) is 1. The van der Waals surface area contributed by atoms with Crippen LogP contribution in [0, 0.1) is 11.7 Å². The maximum Gasteiger partial charge on any atom is 0.159 e. The van der Waals surface area contributed by atoms with Gasteiger partial charge in [0.25, 0.3) is 0 Å². The van der Waals surface area contributed by atoms with E-state index in [1.165, 1.54) is 0 Å². The predicted molar refractivity (Wildman–Crippen MR) is 133 cm³/mol. The molecule has 2 aliphatic heterocycles. The van der Waals surface area contributed by atoms with E-state index in [9.17, 15) is 5.11 Å². The molecule has 0 spiro atoms. The number of nitrogens with zero attached hydrogens (tertiary/aromatic N) is 1. The summed E-state index contributed by atoms with van der Waals surface area (Å²) in [7, 11) is 3.33. The predicted octanol–water partition coefficient (Wildman–Crippen LogP) is 5.77. The number of phenolic OH excluding ortho intramolecular Hbond substituents is 1. The van der Waals surface area contributed by atoms with Gasteiger partial charge in [0.05, 0.1) is 18.4 Å². The Morgan fingerprint density at radius 2 is 1.69 bits per heavy atom. The summed E-state index contributed by atoms with van der Waals surface area (Å²) in [6.45, 7) is 1.91. The number of aromatic hydroxyl groups is 1. The fraction of sp³-hybridized carbons (Fsp3) is 0.379. The summed E-state index contributed by atoms with van der Waals surface area (Å²) in [6, 6.07) is 21.0. The number of hydrogen-bond acceptors (Lipinski definition) is 5. The molecule has 0 radical (unpaired) electrons. The number of rotatable bonds is 6. The normalized spacial score (nSPS) is 20.7. The van der Waals surface area contributed by atoms with E-state index in [1.807, 2.05) is 48.5 Å². The molecule has 0 amide bonds. The second-order valence-electron chi connectivity index (χ2n) is 9.38. The third kappa shape index (κ3) is 4.79. The molecule has 5 nitrogen and oxygen atoms in total. The summed E-state index contributed by atoms with van der Waals surface area (Å²) in [5.74, 6) is 0.106. The van der Waals surface area contributed by atoms with Gasteiger partial charge >= 0.3 is 0 Å². The van der Waals surface area contributed by atoms with Crippen molar-refractivity contribution in [3.05, 3.63) is 94.8 Å². The second kappa shape index (κ2) is 10.4. The number of halogens is 1. The molecule has 2 aliphatic rings. The molecule has 0 aromatic heterocycles. The molecule has 1 N–H and O–H groups in total. The summed E-state index contributed by atoms with van der Waals surface area (Å²) < 4.78 is 32.7. The zero-order valence-electron chi connectivity index (χ0n) is 20.2. The summed E-state index contributed by atoms with van der Waals surface area (Å²) in [4.78, 5) is 2.11. The number of phenols is 1. The first-order chi connectivity index (χ1) is 17.1. The second-order valence-corrected chi connectivity index (χ2v) is 9.38. The fourth-order valence-electron chi connectivity index (χ4n) is 5.61. The van der Waals surface area contributed by atoms with Crippen molar-refractivity contribution >= 4 is 5.69 Å². The minimum atomic E-state index is -0.241. The maximum absolute atomic E-state index is 15.6. The molecule has 3 aromatic rings. The first-order valence-corrected chi connectivity index (χ1v) is 12.2. The Kier molecular flexibility index (Phi) is 7.04. The van der Waals surface area contributed by atoms with Gasteiger partial charge in [-0.3, -0.25) is 0 Å². The number of benzene rings is 3. The van der Waals surface area contributed by atoms with E-state index < -0.39 is 0 Å². The number of piperidine rings is 1. The monoisotopic (exact) mass is 477 g/mol. The van der Waals surface area contributed by atoms with Crippen molar-refractivity contribution in [1.82, 2.24) is 0 Å². The van der Waals surface area contributed by atoms with E-state index in [1.54, 1.807) is 32.4 Å². The molecule has 0 saturated carbocycles. The molecule has 3 aromatic carbocycles. The van der Waals surface area contributed by atoms with Crippen molar-refractivity contribution < 1.29 is 23.7 Å². The van der Waals surface area contributed by atoms with Gasteiger partial charge in [-0.15, -0.1) is 0 Å². The SMILES string of the molecule is COC(OC)C1CCN(c2ccc([C@@H]3c4ccc(O)cc4CO[C@@H]3c3ccccc3)cc2F)CC1. The zero-order valence-corrected chi connectivity index (χ0v) is 20.2. The van der Waals surface area contributed by atoms with Gasteiger partial charge in [0.2, 0.25) is 0 Å². The highest BCUT2D eigenvalue weighted by Crippen LogP contribution is 2.46. The average Bonchev–Trinajstić information content (AvgIpc) is 2.89. The Hall–Kier alpha value is -2.93. The van der Waals surface area contributed by atoms with Gasteiger partial charge in [-0.2, -0.15) is 0 Å². The number of anilines is 1. The zero-order chi connectivity index (χ0) is 24.4. The van der Waals surface area contributed by atoms with E-state index in [4.69, 9.17) is 14.2 Å². The van der Waals surface area contributed by atoms with E-state index in [-0.39, 0.29) is 29.9 Å². The molecule has 0 aliphatic carbocycles. The molecule has 1 fully saturated rings. The standard InChI is InChI=1S/C29H32FNO4/c1-33-29(34-2)20-12-14-31(15-13-20)26-11-8-21(17-25(26)30)27-24-10-9-23(32)16-22(24)18-35-28(27)19-6-4-3-5-7-19/h3-11,16-17,20,27-29,32H,12-15,18H2,1-2H3/t27-,28-/m1/s1. The molecule has 5 rings (SSSR count). The van der Waals surface area contributed by atoms with Crippen molar-refractivity contribution in [2.75, 3.05) is 32.2 Å². The lowest BCUT2D eigenvalue weighted by atomic mass is 9.79. The van der Waals surface area contributed by atoms with Crippen molar-refractivity contribution in [2.24, 2.45) is 5.92 Å². The first kappa shape index (κ1) is 23.8. The number of fused-ring (bicyclic) bond motifs is 1. The van der Waals surface area contributed by atoms with Crippen LogP contribution in [-0.2, 0) is 20.8 Å². The lowest BCUT2D eigenvalue weighted by molar-refractivity contribution is -0.141. The van der Waals surface area contributed by atoms with Gasteiger partial charge in [0.1, 0.15) is 11.6 Å². The highest BCUT2D eigenvalue weighted by molar-refractivity contribution is 5.53. The van der Waals surface area contributed by atoms with Crippen LogP contribution in [-0.4, -0.2) is 38.7 Å². The smallest absolute Gasteiger partial charge is 0.159 e. The van der Waals surface area contributed by atoms with Gasteiger partial charge in [-0.1, -0.05) is 42.5 Å². The molecular formula is C29H32FNO4. The van der Waals surface area contributed by atoms with E-state index >= 15 is 4.39 Å². The topological polar surface area (TPSA) is 51.2 Å². The van der Waals surface area contributed by atoms with E-state index in [0.717, 1.165) is 48.2 Å². The molecule has 2 atom stereocenters. The van der Waals surface area contributed by atoms with Crippen LogP contribution in [0.2, 0.25) is 0 Å². The molecule has 6 heteroatoms. The molecule has 1 saturated heterocycles. The Morgan fingerprint density at radius 3 is 2.37 bits per heavy atom. The van der Waals surface area contributed by atoms with Crippen molar-refractivity contribution in [1.29, 1.82) is 0 Å². The molecule has 0 unspecified atom stereocenters. The van der Waals surface area contributed by atoms with Crippen LogP contribution in [0.25, 0.3) is 0 Å². The largest absolute Gasteiger partial charge is 0.508 e. The van der Waals surface area contributed by atoms with Gasteiger partial charge < -0.3 is 24.2 Å². The molecule has 0 bridgehead atoms. The summed E-state index contributed by atoms with van der Waals surface area (Å²) >= 11 is 0. The van der Waals surface area contributed by atoms with Crippen LogP contribution in [0.4, 0.5) is 10.1 Å². The van der Waals surface area contributed by atoms with Gasteiger partial charge in [0.15, 0.2) is 6.29 Å². The number of methoxy groups -OCH3 is 2. The van der Waals surface area contributed by atoms with Crippen molar-refractivity contribution in [2.45, 2.75) is 37.8 Å². The van der Waals surface area contributed by atoms with Crippen LogP contribution in [0.15, 0.2) is 66.7 Å². The lowest BCUT2D eigenvalue weighted by Crippen LogP contribution is -2.39. The summed E-state index contributed by atoms with van der Waals surface area (Å²) in [6.07, 6.45) is 1.31. The van der Waals surface area contributed by atoms with Crippen molar-refractivity contribution in [3.63, 3.8) is 0 Å². The Bertz CT molecular complexity index is 1140. The molecule has 2 heterocycles. The van der Waals surface area contributed by atoms with Crippen LogP contribution in [0.3, 0.4) is 0 Å². The summed E-state index contributed by atoms with van der Waals surface area (Å²) in [5, 5.41) is 10.0. The van der Waals surface area contributed by atoms with E-state index in [2.05, 4.69) is 4.90 Å². The van der Waals surface area contributed by atoms with Gasteiger partial charge in [-0.05, 0) is 59.4 Å². The lowest BCUT2D eigenvalue weighted by Gasteiger charge is -2.37. The third-order valence-electron chi connectivity index (χ3n) is 7.37. The minimum Gasteiger partial charge on any atom is -0.508 e. The molecular weight excluding hydrogens is 445 g/mol.